The molecule has 1 saturated heterocycles. The predicted molar refractivity (Wildman–Crippen MR) is 85.0 cm³/mol. The molecule has 2 unspecified atom stereocenters. The molecule has 130 valence electrons. The number of methoxy groups -OCH3 is 1. The van der Waals surface area contributed by atoms with E-state index in [0.29, 0.717) is 12.5 Å². The minimum atomic E-state index is -0.156. The highest BCUT2D eigenvalue weighted by atomic mass is 16.5. The second-order valence-electron chi connectivity index (χ2n) is 6.87. The molecule has 2 aromatic rings. The number of nitrogens with one attached hydrogen (secondary N) is 1. The van der Waals surface area contributed by atoms with Crippen molar-refractivity contribution in [1.82, 2.24) is 24.8 Å². The Morgan fingerprint density at radius 2 is 2.25 bits per heavy atom. The van der Waals surface area contributed by atoms with E-state index in [1.807, 2.05) is 0 Å². The molecule has 1 N–H and O–H groups in total. The first-order chi connectivity index (χ1) is 11.7. The summed E-state index contributed by atoms with van der Waals surface area (Å²) in [6, 6.07) is 0.159. The standard InChI is InChI=1S/C16H23N5O3/c1-20-15(17-18-16(20)22)14-12(10-3-4-10)5-6-21(14)7-11-8-24-19-13(11)9-23-2/h8,10,12,14H,3-7,9H2,1-2H3,(H,18,22). The lowest BCUT2D eigenvalue weighted by Crippen LogP contribution is -2.29. The number of aromatic amines is 1. The van der Waals surface area contributed by atoms with Gasteiger partial charge in [0.1, 0.15) is 12.0 Å². The van der Waals surface area contributed by atoms with E-state index in [9.17, 15) is 4.79 Å². The van der Waals surface area contributed by atoms with Crippen molar-refractivity contribution in [3.05, 3.63) is 33.8 Å². The van der Waals surface area contributed by atoms with Crippen LogP contribution in [-0.2, 0) is 24.9 Å². The van der Waals surface area contributed by atoms with E-state index < -0.39 is 0 Å². The van der Waals surface area contributed by atoms with Gasteiger partial charge in [0.2, 0.25) is 0 Å². The van der Waals surface area contributed by atoms with Gasteiger partial charge in [-0.3, -0.25) is 9.47 Å². The molecule has 2 aromatic heterocycles. The minimum Gasteiger partial charge on any atom is -0.378 e. The first kappa shape index (κ1) is 15.6. The summed E-state index contributed by atoms with van der Waals surface area (Å²) in [6.45, 7) is 2.17. The third-order valence-corrected chi connectivity index (χ3v) is 5.34. The van der Waals surface area contributed by atoms with Crippen LogP contribution >= 0.6 is 0 Å². The molecule has 1 aliphatic carbocycles. The van der Waals surface area contributed by atoms with Crippen LogP contribution in [0.15, 0.2) is 15.6 Å². The van der Waals surface area contributed by atoms with Crippen molar-refractivity contribution in [3.8, 4) is 0 Å². The third kappa shape index (κ3) is 2.69. The van der Waals surface area contributed by atoms with Crippen molar-refractivity contribution in [3.63, 3.8) is 0 Å². The van der Waals surface area contributed by atoms with Gasteiger partial charge in [0.15, 0.2) is 5.82 Å². The highest BCUT2D eigenvalue weighted by molar-refractivity contribution is 5.16. The summed E-state index contributed by atoms with van der Waals surface area (Å²) >= 11 is 0. The van der Waals surface area contributed by atoms with Gasteiger partial charge in [-0.1, -0.05) is 5.16 Å². The normalized spacial score (nSPS) is 24.8. The van der Waals surface area contributed by atoms with Crippen LogP contribution in [0.25, 0.3) is 0 Å². The van der Waals surface area contributed by atoms with Gasteiger partial charge in [-0.2, -0.15) is 5.10 Å². The Labute approximate surface area is 139 Å². The second kappa shape index (κ2) is 6.18. The highest BCUT2D eigenvalue weighted by Crippen LogP contribution is 2.50. The Bertz CT molecular complexity index is 760. The topological polar surface area (TPSA) is 89.2 Å². The van der Waals surface area contributed by atoms with Gasteiger partial charge in [0, 0.05) is 26.3 Å². The van der Waals surface area contributed by atoms with Crippen molar-refractivity contribution in [2.75, 3.05) is 13.7 Å². The third-order valence-electron chi connectivity index (χ3n) is 5.34. The molecule has 0 spiro atoms. The van der Waals surface area contributed by atoms with Crippen LogP contribution < -0.4 is 5.69 Å². The first-order valence-corrected chi connectivity index (χ1v) is 8.45. The van der Waals surface area contributed by atoms with E-state index in [-0.39, 0.29) is 11.7 Å². The molecule has 0 amide bonds. The van der Waals surface area contributed by atoms with Crippen molar-refractivity contribution in [2.24, 2.45) is 18.9 Å². The summed E-state index contributed by atoms with van der Waals surface area (Å²) in [5.74, 6) is 2.15. The fourth-order valence-electron chi connectivity index (χ4n) is 3.94. The van der Waals surface area contributed by atoms with Gasteiger partial charge in [-0.15, -0.1) is 0 Å². The molecule has 8 nitrogen and oxygen atoms in total. The summed E-state index contributed by atoms with van der Waals surface area (Å²) in [4.78, 5) is 14.2. The quantitative estimate of drug-likeness (QED) is 0.855. The smallest absolute Gasteiger partial charge is 0.343 e. The summed E-state index contributed by atoms with van der Waals surface area (Å²) in [7, 11) is 3.44. The molecule has 8 heteroatoms. The molecular weight excluding hydrogens is 310 g/mol. The van der Waals surface area contributed by atoms with Crippen molar-refractivity contribution in [2.45, 2.75) is 38.5 Å². The lowest BCUT2D eigenvalue weighted by atomic mass is 9.94. The van der Waals surface area contributed by atoms with Gasteiger partial charge in [-0.05, 0) is 37.6 Å². The zero-order valence-electron chi connectivity index (χ0n) is 14.1. The SMILES string of the molecule is COCc1nocc1CN1CCC(C2CC2)C1c1n[nH]c(=O)n1C. The Morgan fingerprint density at radius 1 is 1.42 bits per heavy atom. The maximum absolute atomic E-state index is 11.8. The van der Waals surface area contributed by atoms with Gasteiger partial charge in [0.05, 0.1) is 12.6 Å². The number of hydrogen-bond acceptors (Lipinski definition) is 6. The summed E-state index contributed by atoms with van der Waals surface area (Å²) in [6.07, 6.45) is 5.41. The fraction of sp³-hybridized carbons (Fsp3) is 0.688. The van der Waals surface area contributed by atoms with E-state index in [1.54, 1.807) is 25.0 Å². The Kier molecular flexibility index (Phi) is 4.01. The van der Waals surface area contributed by atoms with Gasteiger partial charge < -0.3 is 9.26 Å². The molecule has 2 fully saturated rings. The van der Waals surface area contributed by atoms with Crippen LogP contribution in [0.5, 0.6) is 0 Å². The van der Waals surface area contributed by atoms with Crippen LogP contribution in [0.3, 0.4) is 0 Å². The highest BCUT2D eigenvalue weighted by Gasteiger charge is 2.45. The molecule has 4 rings (SSSR count). The van der Waals surface area contributed by atoms with Gasteiger partial charge in [-0.25, -0.2) is 9.89 Å². The van der Waals surface area contributed by atoms with Gasteiger partial charge in [0.25, 0.3) is 0 Å². The predicted octanol–water partition coefficient (Wildman–Crippen LogP) is 1.22. The van der Waals surface area contributed by atoms with Gasteiger partial charge >= 0.3 is 5.69 Å². The molecule has 0 aromatic carbocycles. The molecule has 2 aliphatic rings. The lowest BCUT2D eigenvalue weighted by Gasteiger charge is -2.27. The largest absolute Gasteiger partial charge is 0.378 e. The molecule has 3 heterocycles. The molecule has 24 heavy (non-hydrogen) atoms. The summed E-state index contributed by atoms with van der Waals surface area (Å²) in [5.41, 5.74) is 1.72. The monoisotopic (exact) mass is 333 g/mol. The first-order valence-electron chi connectivity index (χ1n) is 8.45. The number of ether oxygens (including phenoxy) is 1. The minimum absolute atomic E-state index is 0.156. The average molecular weight is 333 g/mol. The number of hydrogen-bond donors (Lipinski definition) is 1. The molecule has 1 aliphatic heterocycles. The number of aromatic nitrogens is 4. The average Bonchev–Trinajstić information content (AvgIpc) is 3.07. The Morgan fingerprint density at radius 3 is 2.92 bits per heavy atom. The fourth-order valence-corrected chi connectivity index (χ4v) is 3.94. The van der Waals surface area contributed by atoms with E-state index >= 15 is 0 Å². The Hall–Kier alpha value is -1.93. The van der Waals surface area contributed by atoms with Crippen molar-refractivity contribution < 1.29 is 9.26 Å². The number of H-pyrrole nitrogens is 1. The van der Waals surface area contributed by atoms with E-state index in [1.165, 1.54) is 12.8 Å². The van der Waals surface area contributed by atoms with Crippen LogP contribution in [-0.4, -0.2) is 38.5 Å². The van der Waals surface area contributed by atoms with Crippen LogP contribution in [0, 0.1) is 11.8 Å². The second-order valence-corrected chi connectivity index (χ2v) is 6.87. The van der Waals surface area contributed by atoms with E-state index in [2.05, 4.69) is 20.3 Å². The van der Waals surface area contributed by atoms with Crippen LogP contribution in [0.2, 0.25) is 0 Å². The lowest BCUT2D eigenvalue weighted by molar-refractivity contribution is 0.172. The maximum atomic E-state index is 11.8. The van der Waals surface area contributed by atoms with Crippen molar-refractivity contribution >= 4 is 0 Å². The number of nitrogens with zero attached hydrogens (tertiary/aromatic N) is 4. The van der Waals surface area contributed by atoms with E-state index in [4.69, 9.17) is 9.26 Å². The molecular formula is C16H23N5O3. The van der Waals surface area contributed by atoms with E-state index in [0.717, 1.165) is 42.5 Å². The van der Waals surface area contributed by atoms with Crippen molar-refractivity contribution in [1.29, 1.82) is 0 Å². The number of likely N-dealkylation sites (tertiary alicyclic amines) is 1. The summed E-state index contributed by atoms with van der Waals surface area (Å²) < 4.78 is 12.0. The zero-order valence-corrected chi connectivity index (χ0v) is 14.1. The molecule has 1 saturated carbocycles. The van der Waals surface area contributed by atoms with Crippen LogP contribution in [0.1, 0.15) is 42.4 Å². The zero-order chi connectivity index (χ0) is 16.7. The molecule has 0 bridgehead atoms. The van der Waals surface area contributed by atoms with Crippen LogP contribution in [0.4, 0.5) is 0 Å². The molecule has 2 atom stereocenters. The maximum Gasteiger partial charge on any atom is 0.343 e. The number of rotatable bonds is 6. The summed E-state index contributed by atoms with van der Waals surface area (Å²) in [5, 5.41) is 10.9. The molecule has 0 radical (unpaired) electrons. The Balaban J connectivity index is 1.62.